The van der Waals surface area contributed by atoms with Crippen LogP contribution in [0.25, 0.3) is 10.2 Å². The lowest BCUT2D eigenvalue weighted by atomic mass is 10.2. The van der Waals surface area contributed by atoms with Gasteiger partial charge in [0.05, 0.1) is 54.0 Å². The fraction of sp³-hybridized carbons (Fsp3) is 0.280. The highest BCUT2D eigenvalue weighted by molar-refractivity contribution is 7.22. The van der Waals surface area contributed by atoms with Gasteiger partial charge < -0.3 is 28.4 Å². The molecule has 0 saturated carbocycles. The first-order valence-electron chi connectivity index (χ1n) is 21.2. The van der Waals surface area contributed by atoms with Crippen molar-refractivity contribution >= 4 is 56.8 Å². The third-order valence-corrected chi connectivity index (χ3v) is 10.4. The summed E-state index contributed by atoms with van der Waals surface area (Å²) < 4.78 is 34.4. The number of nitrogens with zero attached hydrogens (tertiary/aromatic N) is 3. The van der Waals surface area contributed by atoms with Crippen LogP contribution in [0, 0.1) is 0 Å². The van der Waals surface area contributed by atoms with E-state index in [1.807, 2.05) is 24.3 Å². The molecule has 0 aliphatic carbocycles. The lowest BCUT2D eigenvalue weighted by Crippen LogP contribution is -2.17. The molecule has 13 nitrogen and oxygen atoms in total. The molecule has 0 aliphatic heterocycles. The number of aromatic nitrogens is 1. The summed E-state index contributed by atoms with van der Waals surface area (Å²) in [7, 11) is 0. The first-order valence-corrected chi connectivity index (χ1v) is 22.0. The van der Waals surface area contributed by atoms with Gasteiger partial charge >= 0.3 is 23.9 Å². The Hall–Kier alpha value is -7.06. The Kier molecular flexibility index (Phi) is 19.8. The molecule has 0 radical (unpaired) electrons. The topological polar surface area (TPSA) is 152 Å². The molecule has 4 aromatic carbocycles. The van der Waals surface area contributed by atoms with Crippen molar-refractivity contribution in [1.82, 2.24) is 4.98 Å². The van der Waals surface area contributed by atoms with Crippen molar-refractivity contribution in [1.29, 1.82) is 0 Å². The molecule has 1 heterocycles. The highest BCUT2D eigenvalue weighted by Crippen LogP contribution is 2.30. The number of hydrazone groups is 1. The minimum Gasteiger partial charge on any atom is -0.494 e. The van der Waals surface area contributed by atoms with E-state index in [1.165, 1.54) is 11.3 Å². The normalized spacial score (nSPS) is 10.8. The van der Waals surface area contributed by atoms with Crippen molar-refractivity contribution in [3.8, 4) is 23.0 Å². The quantitative estimate of drug-likeness (QED) is 0.00894. The van der Waals surface area contributed by atoms with E-state index in [4.69, 9.17) is 38.5 Å². The van der Waals surface area contributed by atoms with Gasteiger partial charge in [-0.25, -0.2) is 29.2 Å². The van der Waals surface area contributed by atoms with E-state index in [2.05, 4.69) is 19.7 Å². The fourth-order valence-corrected chi connectivity index (χ4v) is 6.91. The van der Waals surface area contributed by atoms with Crippen LogP contribution in [0.3, 0.4) is 0 Å². The van der Waals surface area contributed by atoms with E-state index in [1.54, 1.807) is 84.0 Å². The van der Waals surface area contributed by atoms with Crippen LogP contribution >= 0.6 is 11.3 Å². The number of rotatable bonds is 28. The first-order chi connectivity index (χ1) is 31.3. The molecule has 334 valence electrons. The zero-order valence-electron chi connectivity index (χ0n) is 35.8. The van der Waals surface area contributed by atoms with Crippen molar-refractivity contribution in [3.63, 3.8) is 0 Å². The van der Waals surface area contributed by atoms with E-state index in [9.17, 15) is 19.2 Å². The van der Waals surface area contributed by atoms with Gasteiger partial charge in [-0.05, 0) is 137 Å². The number of hydrogen-bond donors (Lipinski definition) is 0. The summed E-state index contributed by atoms with van der Waals surface area (Å²) in [5.74, 6) is -0.399. The van der Waals surface area contributed by atoms with Crippen LogP contribution in [0.15, 0.2) is 134 Å². The number of benzene rings is 4. The third kappa shape index (κ3) is 16.0. The number of hydrogen-bond acceptors (Lipinski definition) is 14. The van der Waals surface area contributed by atoms with Crippen molar-refractivity contribution in [3.05, 3.63) is 146 Å². The van der Waals surface area contributed by atoms with Crippen molar-refractivity contribution in [2.45, 2.75) is 57.8 Å². The summed E-state index contributed by atoms with van der Waals surface area (Å²) in [6.45, 7) is 12.9. The molecule has 0 N–H and O–H groups in total. The molecule has 1 aromatic heterocycles. The van der Waals surface area contributed by atoms with E-state index in [0.717, 1.165) is 73.7 Å². The summed E-state index contributed by atoms with van der Waals surface area (Å²) in [6.07, 6.45) is 13.1. The van der Waals surface area contributed by atoms with Gasteiger partial charge in [0.1, 0.15) is 23.0 Å². The summed E-state index contributed by atoms with van der Waals surface area (Å²) in [6, 6.07) is 25.9. The number of fused-ring (bicyclic) bond motifs is 1. The number of carbonyl (C=O) groups excluding carboxylic acids is 4. The predicted molar refractivity (Wildman–Crippen MR) is 249 cm³/mol. The van der Waals surface area contributed by atoms with Crippen LogP contribution in [0.5, 0.6) is 23.0 Å². The maximum atomic E-state index is 13.5. The maximum Gasteiger partial charge on any atom is 0.343 e. The molecule has 0 bridgehead atoms. The zero-order chi connectivity index (χ0) is 45.4. The molecule has 0 unspecified atom stereocenters. The van der Waals surface area contributed by atoms with Crippen molar-refractivity contribution in [2.24, 2.45) is 5.10 Å². The fourth-order valence-electron chi connectivity index (χ4n) is 5.96. The highest BCUT2D eigenvalue weighted by atomic mass is 32.1. The van der Waals surface area contributed by atoms with Crippen LogP contribution in [-0.4, -0.2) is 68.0 Å². The lowest BCUT2D eigenvalue weighted by molar-refractivity contribution is -0.138. The monoisotopic (exact) mass is 887 g/mol. The standard InChI is InChI=1S/C50H53N3O10S/c1-4-7-30-53(50-52-43-18-12-13-19-45(43)64-50)51-36-39-35-42(62-48(56)37-20-24-40(25-21-37)58-31-14-8-10-16-33-60-46(54)5-2)28-29-44(39)63-49(57)38-22-26-41(27-23-38)59-32-15-9-11-17-34-61-47(55)6-3/h4-6,12-13,18-29,35-36H,1-3,7-11,14-17,30-34H2/b51-36+. The second-order valence-electron chi connectivity index (χ2n) is 14.2. The Morgan fingerprint density at radius 3 is 1.70 bits per heavy atom. The Morgan fingerprint density at radius 1 is 0.625 bits per heavy atom. The molecule has 64 heavy (non-hydrogen) atoms. The first kappa shape index (κ1) is 48.0. The summed E-state index contributed by atoms with van der Waals surface area (Å²) >= 11 is 1.50. The smallest absolute Gasteiger partial charge is 0.343 e. The van der Waals surface area contributed by atoms with E-state index in [0.29, 0.717) is 72.7 Å². The van der Waals surface area contributed by atoms with Gasteiger partial charge in [0.2, 0.25) is 5.13 Å². The number of carbonyl (C=O) groups is 4. The van der Waals surface area contributed by atoms with Gasteiger partial charge in [0.25, 0.3) is 0 Å². The minimum absolute atomic E-state index is 0.193. The van der Waals surface area contributed by atoms with Crippen LogP contribution in [-0.2, 0) is 19.1 Å². The molecule has 5 aromatic rings. The molecule has 0 fully saturated rings. The third-order valence-electron chi connectivity index (χ3n) is 9.40. The lowest BCUT2D eigenvalue weighted by Gasteiger charge is -2.15. The molecule has 0 aliphatic rings. The molecule has 14 heteroatoms. The minimum atomic E-state index is -0.605. The SMILES string of the molecule is C=CCCN(/N=C/c1cc(OC(=O)c2ccc(OCCCCCCOC(=O)C=C)cc2)ccc1OC(=O)c1ccc(OCCCCCCOC(=O)C=C)cc1)c1nc2ccccc2s1. The van der Waals surface area contributed by atoms with Gasteiger partial charge in [0, 0.05) is 24.3 Å². The van der Waals surface area contributed by atoms with E-state index >= 15 is 0 Å². The second-order valence-corrected chi connectivity index (χ2v) is 15.2. The Balaban J connectivity index is 1.22. The van der Waals surface area contributed by atoms with Gasteiger partial charge in [-0.3, -0.25) is 0 Å². The Labute approximate surface area is 377 Å². The van der Waals surface area contributed by atoms with Gasteiger partial charge in [-0.15, -0.1) is 6.58 Å². The summed E-state index contributed by atoms with van der Waals surface area (Å²) in [5.41, 5.74) is 1.84. The number of para-hydroxylation sites is 1. The summed E-state index contributed by atoms with van der Waals surface area (Å²) in [5, 5.41) is 7.19. The van der Waals surface area contributed by atoms with Crippen LogP contribution in [0.4, 0.5) is 5.13 Å². The van der Waals surface area contributed by atoms with Gasteiger partial charge in [-0.1, -0.05) is 42.7 Å². The Morgan fingerprint density at radius 2 is 1.16 bits per heavy atom. The number of thiazole rings is 1. The van der Waals surface area contributed by atoms with E-state index < -0.39 is 23.9 Å². The van der Waals surface area contributed by atoms with Crippen LogP contribution < -0.4 is 24.0 Å². The second kappa shape index (κ2) is 26.4. The average molecular weight is 888 g/mol. The highest BCUT2D eigenvalue weighted by Gasteiger charge is 2.17. The maximum absolute atomic E-state index is 13.5. The molecule has 0 atom stereocenters. The Bertz CT molecular complexity index is 2320. The average Bonchev–Trinajstić information content (AvgIpc) is 3.76. The van der Waals surface area contributed by atoms with Gasteiger partial charge in [0.15, 0.2) is 0 Å². The molecular formula is C50H53N3O10S. The molecular weight excluding hydrogens is 835 g/mol. The number of anilines is 1. The summed E-state index contributed by atoms with van der Waals surface area (Å²) in [4.78, 5) is 53.8. The van der Waals surface area contributed by atoms with Crippen molar-refractivity contribution < 1.29 is 47.6 Å². The van der Waals surface area contributed by atoms with Crippen LogP contribution in [0.1, 0.15) is 84.1 Å². The molecule has 0 amide bonds. The molecule has 5 rings (SSSR count). The van der Waals surface area contributed by atoms with Crippen molar-refractivity contribution in [2.75, 3.05) is 38.0 Å². The number of esters is 4. The molecule has 0 saturated heterocycles. The van der Waals surface area contributed by atoms with Crippen LogP contribution in [0.2, 0.25) is 0 Å². The number of ether oxygens (including phenoxy) is 6. The van der Waals surface area contributed by atoms with Gasteiger partial charge in [-0.2, -0.15) is 5.10 Å². The van der Waals surface area contributed by atoms with E-state index in [-0.39, 0.29) is 11.5 Å². The predicted octanol–water partition coefficient (Wildman–Crippen LogP) is 10.5. The number of unbranched alkanes of at least 4 members (excludes halogenated alkanes) is 6. The largest absolute Gasteiger partial charge is 0.494 e. The zero-order valence-corrected chi connectivity index (χ0v) is 36.6. The molecule has 0 spiro atoms.